The van der Waals surface area contributed by atoms with Gasteiger partial charge in [-0.25, -0.2) is 9.07 Å². The summed E-state index contributed by atoms with van der Waals surface area (Å²) in [6, 6.07) is 1.37. The van der Waals surface area contributed by atoms with Gasteiger partial charge in [0.1, 0.15) is 5.82 Å². The first-order valence-electron chi connectivity index (χ1n) is 9.37. The fourth-order valence-corrected chi connectivity index (χ4v) is 3.55. The smallest absolute Gasteiger partial charge is 0.399 e. The highest BCUT2D eigenvalue weighted by Crippen LogP contribution is 2.53. The maximum Gasteiger partial charge on any atom is 0.498 e. The molecular formula is C18H21BF7N3O2. The third-order valence-electron chi connectivity index (χ3n) is 6.06. The Kier molecular flexibility index (Phi) is 5.33. The summed E-state index contributed by atoms with van der Waals surface area (Å²) in [5.74, 6) is -0.202. The molecule has 0 radical (unpaired) electrons. The van der Waals surface area contributed by atoms with E-state index >= 15 is 0 Å². The van der Waals surface area contributed by atoms with Gasteiger partial charge in [-0.1, -0.05) is 6.92 Å². The van der Waals surface area contributed by atoms with Crippen molar-refractivity contribution in [3.05, 3.63) is 30.2 Å². The molecular weight excluding hydrogens is 434 g/mol. The lowest BCUT2D eigenvalue weighted by Gasteiger charge is -2.35. The largest absolute Gasteiger partial charge is 0.498 e. The first kappa shape index (κ1) is 23.6. The number of halogens is 7. The quantitative estimate of drug-likeness (QED) is 0.513. The van der Waals surface area contributed by atoms with Crippen LogP contribution in [0, 0.1) is 0 Å². The molecule has 2 aromatic heterocycles. The van der Waals surface area contributed by atoms with E-state index in [0.29, 0.717) is 22.5 Å². The van der Waals surface area contributed by atoms with Crippen LogP contribution in [0.1, 0.15) is 39.8 Å². The Morgan fingerprint density at radius 1 is 1.00 bits per heavy atom. The molecule has 0 N–H and O–H groups in total. The minimum absolute atomic E-state index is 0.202. The van der Waals surface area contributed by atoms with E-state index in [9.17, 15) is 30.7 Å². The van der Waals surface area contributed by atoms with Crippen LogP contribution in [-0.2, 0) is 22.0 Å². The molecule has 0 amide bonds. The molecule has 31 heavy (non-hydrogen) atoms. The molecule has 3 rings (SSSR count). The molecule has 5 nitrogen and oxygen atoms in total. The Balaban J connectivity index is 1.98. The standard InChI is InChI=1S/C18H21BF7N3O2/c1-6-15(4)14(2,3)30-19(31-15)11-9-27-29(10-11)13-8-7-12(28(13)5)16(20,17(21,22)23)18(24,25)26/h7-10H,6H2,1-5H3. The van der Waals surface area contributed by atoms with Crippen molar-refractivity contribution in [2.45, 2.75) is 63.3 Å². The number of hydrogen-bond donors (Lipinski definition) is 0. The molecule has 0 spiro atoms. The minimum atomic E-state index is -6.20. The van der Waals surface area contributed by atoms with Gasteiger partial charge >= 0.3 is 25.1 Å². The number of nitrogens with zero attached hydrogens (tertiary/aromatic N) is 3. The Bertz CT molecular complexity index is 952. The maximum atomic E-state index is 14.4. The second kappa shape index (κ2) is 6.99. The summed E-state index contributed by atoms with van der Waals surface area (Å²) < 4.78 is 106. The van der Waals surface area contributed by atoms with Crippen LogP contribution < -0.4 is 5.46 Å². The molecule has 1 aliphatic heterocycles. The van der Waals surface area contributed by atoms with Crippen LogP contribution in [0.3, 0.4) is 0 Å². The molecule has 0 saturated carbocycles. The van der Waals surface area contributed by atoms with E-state index < -0.39 is 42.0 Å². The predicted octanol–water partition coefficient (Wildman–Crippen LogP) is 4.19. The lowest BCUT2D eigenvalue weighted by atomic mass is 9.82. The van der Waals surface area contributed by atoms with E-state index in [0.717, 1.165) is 17.8 Å². The van der Waals surface area contributed by atoms with E-state index in [1.54, 1.807) is 0 Å². The number of hydrogen-bond acceptors (Lipinski definition) is 3. The lowest BCUT2D eigenvalue weighted by Crippen LogP contribution is -2.51. The predicted molar refractivity (Wildman–Crippen MR) is 97.8 cm³/mol. The third-order valence-corrected chi connectivity index (χ3v) is 6.06. The molecule has 0 aromatic carbocycles. The van der Waals surface area contributed by atoms with Gasteiger partial charge < -0.3 is 13.9 Å². The molecule has 13 heteroatoms. The number of rotatable bonds is 4. The maximum absolute atomic E-state index is 14.4. The topological polar surface area (TPSA) is 41.2 Å². The summed E-state index contributed by atoms with van der Waals surface area (Å²) in [7, 11) is 0.0662. The summed E-state index contributed by atoms with van der Waals surface area (Å²) in [6.07, 6.45) is -9.09. The minimum Gasteiger partial charge on any atom is -0.399 e. The fourth-order valence-electron chi connectivity index (χ4n) is 3.55. The Hall–Kier alpha value is -2.02. The molecule has 1 fully saturated rings. The number of alkyl halides is 7. The van der Waals surface area contributed by atoms with Gasteiger partial charge in [-0.05, 0) is 39.3 Å². The highest BCUT2D eigenvalue weighted by atomic mass is 19.4. The van der Waals surface area contributed by atoms with Crippen LogP contribution in [0.5, 0.6) is 0 Å². The number of aromatic nitrogens is 3. The van der Waals surface area contributed by atoms with Gasteiger partial charge in [-0.15, -0.1) is 0 Å². The normalized spacial score (nSPS) is 22.4. The summed E-state index contributed by atoms with van der Waals surface area (Å²) >= 11 is 0. The van der Waals surface area contributed by atoms with E-state index in [2.05, 4.69) is 5.10 Å². The van der Waals surface area contributed by atoms with E-state index in [1.807, 2.05) is 27.7 Å². The van der Waals surface area contributed by atoms with Crippen LogP contribution in [0.2, 0.25) is 0 Å². The van der Waals surface area contributed by atoms with Crippen LogP contribution in [0.4, 0.5) is 30.7 Å². The van der Waals surface area contributed by atoms with E-state index in [4.69, 9.17) is 9.31 Å². The average Bonchev–Trinajstić information content (AvgIpc) is 3.29. The highest BCUT2D eigenvalue weighted by molar-refractivity contribution is 6.62. The molecule has 1 atom stereocenters. The van der Waals surface area contributed by atoms with Crippen molar-refractivity contribution < 1.29 is 40.0 Å². The second-order valence-electron chi connectivity index (χ2n) is 8.17. The molecule has 0 bridgehead atoms. The summed E-state index contributed by atoms with van der Waals surface area (Å²) in [6.45, 7) is 7.49. The molecule has 1 aliphatic rings. The lowest BCUT2D eigenvalue weighted by molar-refractivity contribution is -0.350. The summed E-state index contributed by atoms with van der Waals surface area (Å²) in [4.78, 5) is 0. The van der Waals surface area contributed by atoms with Crippen molar-refractivity contribution in [1.29, 1.82) is 0 Å². The Labute approximate surface area is 174 Å². The van der Waals surface area contributed by atoms with Crippen molar-refractivity contribution in [2.75, 3.05) is 0 Å². The molecule has 172 valence electrons. The Morgan fingerprint density at radius 3 is 2.06 bits per heavy atom. The van der Waals surface area contributed by atoms with E-state index in [1.165, 1.54) is 12.4 Å². The first-order valence-corrected chi connectivity index (χ1v) is 9.37. The molecule has 1 unspecified atom stereocenters. The zero-order chi connectivity index (χ0) is 23.6. The van der Waals surface area contributed by atoms with E-state index in [-0.39, 0.29) is 5.82 Å². The monoisotopic (exact) mass is 455 g/mol. The van der Waals surface area contributed by atoms with Gasteiger partial charge in [0.05, 0.1) is 16.9 Å². The van der Waals surface area contributed by atoms with Crippen LogP contribution in [0.25, 0.3) is 5.82 Å². The summed E-state index contributed by atoms with van der Waals surface area (Å²) in [5.41, 5.74) is -8.00. The van der Waals surface area contributed by atoms with Gasteiger partial charge in [-0.2, -0.15) is 31.4 Å². The SMILES string of the molecule is CCC1(C)OB(c2cnn(-c3ccc(C(F)(C(F)(F)F)C(F)(F)F)n3C)c2)OC1(C)C. The zero-order valence-electron chi connectivity index (χ0n) is 17.4. The third kappa shape index (κ3) is 3.45. The highest BCUT2D eigenvalue weighted by Gasteiger charge is 2.74. The first-order chi connectivity index (χ1) is 14.0. The van der Waals surface area contributed by atoms with Crippen LogP contribution in [-0.4, -0.2) is 45.0 Å². The molecule has 2 aromatic rings. The van der Waals surface area contributed by atoms with Crippen molar-refractivity contribution >= 4 is 12.6 Å². The molecule has 0 aliphatic carbocycles. The van der Waals surface area contributed by atoms with Crippen molar-refractivity contribution in [2.24, 2.45) is 7.05 Å². The van der Waals surface area contributed by atoms with Gasteiger partial charge in [0.2, 0.25) is 0 Å². The van der Waals surface area contributed by atoms with Crippen molar-refractivity contribution in [3.8, 4) is 5.82 Å². The van der Waals surface area contributed by atoms with Crippen molar-refractivity contribution in [1.82, 2.24) is 14.3 Å². The molecule has 3 heterocycles. The second-order valence-corrected chi connectivity index (χ2v) is 8.17. The zero-order valence-corrected chi connectivity index (χ0v) is 17.4. The van der Waals surface area contributed by atoms with Crippen LogP contribution in [0.15, 0.2) is 24.5 Å². The van der Waals surface area contributed by atoms with Crippen LogP contribution >= 0.6 is 0 Å². The average molecular weight is 455 g/mol. The van der Waals surface area contributed by atoms with Gasteiger partial charge in [0, 0.05) is 24.9 Å². The fraction of sp³-hybridized carbons (Fsp3) is 0.611. The molecule has 1 saturated heterocycles. The van der Waals surface area contributed by atoms with Gasteiger partial charge in [0.15, 0.2) is 0 Å². The summed E-state index contributed by atoms with van der Waals surface area (Å²) in [5, 5.41) is 3.98. The van der Waals surface area contributed by atoms with Crippen molar-refractivity contribution in [3.63, 3.8) is 0 Å². The Morgan fingerprint density at radius 2 is 1.58 bits per heavy atom. The van der Waals surface area contributed by atoms with Gasteiger partial charge in [0.25, 0.3) is 0 Å². The van der Waals surface area contributed by atoms with Gasteiger partial charge in [-0.3, -0.25) is 0 Å².